The van der Waals surface area contributed by atoms with Gasteiger partial charge in [0.05, 0.1) is 24.5 Å². The van der Waals surface area contributed by atoms with Crippen LogP contribution in [-0.4, -0.2) is 56.3 Å². The zero-order valence-corrected chi connectivity index (χ0v) is 18.1. The van der Waals surface area contributed by atoms with E-state index in [1.807, 2.05) is 35.1 Å². The maximum atomic E-state index is 12.7. The minimum Gasteiger partial charge on any atom is -0.492 e. The van der Waals surface area contributed by atoms with Crippen LogP contribution in [0.2, 0.25) is 0 Å². The molecule has 5 rings (SSSR count). The number of hydrogen-bond acceptors (Lipinski definition) is 6. The second-order valence-corrected chi connectivity index (χ2v) is 8.54. The van der Waals surface area contributed by atoms with Gasteiger partial charge in [-0.3, -0.25) is 14.4 Å². The molecular formula is C24H28N6O2. The van der Waals surface area contributed by atoms with Crippen molar-refractivity contribution in [3.8, 4) is 17.0 Å². The lowest BCUT2D eigenvalue weighted by atomic mass is 9.91. The highest BCUT2D eigenvalue weighted by molar-refractivity contribution is 5.78. The summed E-state index contributed by atoms with van der Waals surface area (Å²) in [4.78, 5) is 23.1. The van der Waals surface area contributed by atoms with Gasteiger partial charge in [0.1, 0.15) is 18.7 Å². The molecule has 3 aromatic rings. The quantitative estimate of drug-likeness (QED) is 0.667. The summed E-state index contributed by atoms with van der Waals surface area (Å²) >= 11 is 0. The Balaban J connectivity index is 1.11. The van der Waals surface area contributed by atoms with E-state index in [9.17, 15) is 4.79 Å². The highest BCUT2D eigenvalue weighted by Crippen LogP contribution is 2.29. The SMILES string of the molecule is O=C(CN1CCOc2ccccc2C1)NC1CCC(n2cc(-c3ccncn3)cn2)CC1. The summed E-state index contributed by atoms with van der Waals surface area (Å²) in [5.74, 6) is 1.02. The molecule has 0 spiro atoms. The van der Waals surface area contributed by atoms with E-state index < -0.39 is 0 Å². The van der Waals surface area contributed by atoms with E-state index >= 15 is 0 Å². The number of benzene rings is 1. The monoisotopic (exact) mass is 432 g/mol. The lowest BCUT2D eigenvalue weighted by Gasteiger charge is -2.30. The number of fused-ring (bicyclic) bond motifs is 1. The highest BCUT2D eigenvalue weighted by Gasteiger charge is 2.25. The van der Waals surface area contributed by atoms with Crippen molar-refractivity contribution in [3.63, 3.8) is 0 Å². The molecule has 1 aromatic carbocycles. The Morgan fingerprint density at radius 3 is 2.88 bits per heavy atom. The summed E-state index contributed by atoms with van der Waals surface area (Å²) in [6.07, 6.45) is 11.1. The highest BCUT2D eigenvalue weighted by atomic mass is 16.5. The van der Waals surface area contributed by atoms with Gasteiger partial charge < -0.3 is 10.1 Å². The van der Waals surface area contributed by atoms with Crippen molar-refractivity contribution < 1.29 is 9.53 Å². The molecule has 32 heavy (non-hydrogen) atoms. The van der Waals surface area contributed by atoms with Crippen LogP contribution in [0.3, 0.4) is 0 Å². The average molecular weight is 433 g/mol. The van der Waals surface area contributed by atoms with Crippen LogP contribution in [-0.2, 0) is 11.3 Å². The van der Waals surface area contributed by atoms with E-state index in [2.05, 4.69) is 37.5 Å². The fourth-order valence-corrected chi connectivity index (χ4v) is 4.61. The molecule has 8 heteroatoms. The molecule has 0 unspecified atom stereocenters. The molecule has 2 aliphatic rings. The first kappa shape index (κ1) is 20.6. The van der Waals surface area contributed by atoms with Crippen LogP contribution in [0.1, 0.15) is 37.3 Å². The first-order valence-corrected chi connectivity index (χ1v) is 11.3. The van der Waals surface area contributed by atoms with Gasteiger partial charge in [0.15, 0.2) is 0 Å². The van der Waals surface area contributed by atoms with Crippen LogP contribution in [0.5, 0.6) is 5.75 Å². The average Bonchev–Trinajstić information content (AvgIpc) is 3.22. The van der Waals surface area contributed by atoms with Crippen molar-refractivity contribution in [2.45, 2.75) is 44.3 Å². The van der Waals surface area contributed by atoms with Crippen molar-refractivity contribution in [3.05, 3.63) is 60.8 Å². The lowest BCUT2D eigenvalue weighted by Crippen LogP contribution is -2.44. The number of nitrogens with one attached hydrogen (secondary N) is 1. The second-order valence-electron chi connectivity index (χ2n) is 8.54. The van der Waals surface area contributed by atoms with Crippen molar-refractivity contribution in [2.24, 2.45) is 0 Å². The lowest BCUT2D eigenvalue weighted by molar-refractivity contribution is -0.123. The van der Waals surface area contributed by atoms with Gasteiger partial charge in [-0.2, -0.15) is 5.10 Å². The third-order valence-electron chi connectivity index (χ3n) is 6.31. The van der Waals surface area contributed by atoms with Gasteiger partial charge in [0.2, 0.25) is 5.91 Å². The minimum atomic E-state index is 0.0953. The van der Waals surface area contributed by atoms with Gasteiger partial charge in [-0.15, -0.1) is 0 Å². The number of nitrogens with zero attached hydrogens (tertiary/aromatic N) is 5. The summed E-state index contributed by atoms with van der Waals surface area (Å²) in [5, 5.41) is 7.80. The molecule has 166 valence electrons. The van der Waals surface area contributed by atoms with Crippen LogP contribution in [0.25, 0.3) is 11.3 Å². The summed E-state index contributed by atoms with van der Waals surface area (Å²) in [7, 11) is 0. The zero-order chi connectivity index (χ0) is 21.8. The third-order valence-corrected chi connectivity index (χ3v) is 6.31. The molecule has 1 amide bonds. The zero-order valence-electron chi connectivity index (χ0n) is 18.1. The Hall–Kier alpha value is -3.26. The van der Waals surface area contributed by atoms with E-state index in [0.29, 0.717) is 19.2 Å². The molecule has 2 aromatic heterocycles. The molecule has 1 saturated carbocycles. The molecule has 1 aliphatic carbocycles. The predicted octanol–water partition coefficient (Wildman–Crippen LogP) is 2.83. The number of para-hydroxylation sites is 1. The number of ether oxygens (including phenoxy) is 1. The summed E-state index contributed by atoms with van der Waals surface area (Å²) < 4.78 is 7.85. The van der Waals surface area contributed by atoms with E-state index in [-0.39, 0.29) is 11.9 Å². The van der Waals surface area contributed by atoms with Crippen LogP contribution in [0.4, 0.5) is 0 Å². The molecule has 1 aliphatic heterocycles. The summed E-state index contributed by atoms with van der Waals surface area (Å²) in [6, 6.07) is 10.5. The predicted molar refractivity (Wildman–Crippen MR) is 120 cm³/mol. The van der Waals surface area contributed by atoms with Gasteiger partial charge in [0, 0.05) is 42.7 Å². The molecule has 0 saturated heterocycles. The van der Waals surface area contributed by atoms with E-state index in [0.717, 1.165) is 61.3 Å². The van der Waals surface area contributed by atoms with E-state index in [1.165, 1.54) is 0 Å². The normalized spacial score (nSPS) is 21.2. The number of carbonyl (C=O) groups is 1. The molecule has 8 nitrogen and oxygen atoms in total. The Morgan fingerprint density at radius 2 is 2.03 bits per heavy atom. The van der Waals surface area contributed by atoms with Crippen LogP contribution in [0, 0.1) is 0 Å². The first-order chi connectivity index (χ1) is 15.7. The molecular weight excluding hydrogens is 404 g/mol. The number of amides is 1. The number of aromatic nitrogens is 4. The standard InChI is InChI=1S/C24H28N6O2/c31-24(16-29-11-12-32-23-4-2-1-3-18(23)14-29)28-20-5-7-21(8-6-20)30-15-19(13-27-30)22-9-10-25-17-26-22/h1-4,9-10,13,15,17,20-21H,5-8,11-12,14,16H2,(H,28,31). The maximum absolute atomic E-state index is 12.7. The van der Waals surface area contributed by atoms with Crippen molar-refractivity contribution in [1.82, 2.24) is 30.0 Å². The van der Waals surface area contributed by atoms with Crippen molar-refractivity contribution in [2.75, 3.05) is 19.7 Å². The van der Waals surface area contributed by atoms with Gasteiger partial charge in [0.25, 0.3) is 0 Å². The fourth-order valence-electron chi connectivity index (χ4n) is 4.61. The first-order valence-electron chi connectivity index (χ1n) is 11.3. The van der Waals surface area contributed by atoms with E-state index in [4.69, 9.17) is 4.74 Å². The fraction of sp³-hybridized carbons (Fsp3) is 0.417. The minimum absolute atomic E-state index is 0.0953. The van der Waals surface area contributed by atoms with Gasteiger partial charge in [-0.1, -0.05) is 18.2 Å². The largest absolute Gasteiger partial charge is 0.492 e. The van der Waals surface area contributed by atoms with Gasteiger partial charge in [-0.25, -0.2) is 9.97 Å². The number of carbonyl (C=O) groups excluding carboxylic acids is 1. The third kappa shape index (κ3) is 4.80. The summed E-state index contributed by atoms with van der Waals surface area (Å²) in [6.45, 7) is 2.50. The maximum Gasteiger partial charge on any atom is 0.234 e. The Bertz CT molecular complexity index is 1050. The molecule has 0 bridgehead atoms. The van der Waals surface area contributed by atoms with Gasteiger partial charge >= 0.3 is 0 Å². The molecule has 0 atom stereocenters. The van der Waals surface area contributed by atoms with Crippen LogP contribution in [0.15, 0.2) is 55.2 Å². The molecule has 1 fully saturated rings. The smallest absolute Gasteiger partial charge is 0.234 e. The number of hydrogen-bond donors (Lipinski definition) is 1. The van der Waals surface area contributed by atoms with E-state index in [1.54, 1.807) is 12.5 Å². The second kappa shape index (κ2) is 9.48. The Morgan fingerprint density at radius 1 is 1.16 bits per heavy atom. The Labute approximate surface area is 187 Å². The van der Waals surface area contributed by atoms with Crippen molar-refractivity contribution >= 4 is 5.91 Å². The topological polar surface area (TPSA) is 85.2 Å². The number of rotatable bonds is 5. The molecule has 3 heterocycles. The summed E-state index contributed by atoms with van der Waals surface area (Å²) in [5.41, 5.74) is 3.03. The Kier molecular flexibility index (Phi) is 6.11. The van der Waals surface area contributed by atoms with Gasteiger partial charge in [-0.05, 0) is 37.8 Å². The molecule has 0 radical (unpaired) electrons. The van der Waals surface area contributed by atoms with Crippen LogP contribution >= 0.6 is 0 Å². The van der Waals surface area contributed by atoms with Crippen LogP contribution < -0.4 is 10.1 Å². The van der Waals surface area contributed by atoms with Crippen molar-refractivity contribution in [1.29, 1.82) is 0 Å². The molecule has 1 N–H and O–H groups in total.